The molecule has 0 amide bonds. The van der Waals surface area contributed by atoms with Crippen molar-refractivity contribution in [2.75, 3.05) is 11.9 Å². The van der Waals surface area contributed by atoms with Crippen molar-refractivity contribution in [2.24, 2.45) is 16.6 Å². The molecule has 6 heteroatoms. The SMILES string of the molecule is NC(=NCC1CCC(F)(F)C1)Nc1ccccn1. The van der Waals surface area contributed by atoms with Gasteiger partial charge in [-0.25, -0.2) is 13.8 Å². The maximum atomic E-state index is 13.0. The summed E-state index contributed by atoms with van der Waals surface area (Å²) in [5.41, 5.74) is 5.66. The lowest BCUT2D eigenvalue weighted by Gasteiger charge is -2.09. The van der Waals surface area contributed by atoms with E-state index in [1.54, 1.807) is 18.3 Å². The van der Waals surface area contributed by atoms with Crippen LogP contribution in [0.25, 0.3) is 0 Å². The first-order valence-electron chi connectivity index (χ1n) is 5.91. The Hall–Kier alpha value is -1.72. The topological polar surface area (TPSA) is 63.3 Å². The minimum atomic E-state index is -2.52. The third kappa shape index (κ3) is 3.65. The molecule has 4 nitrogen and oxygen atoms in total. The zero-order valence-corrected chi connectivity index (χ0v) is 9.94. The van der Waals surface area contributed by atoms with Crippen molar-refractivity contribution < 1.29 is 8.78 Å². The molecule has 3 N–H and O–H groups in total. The van der Waals surface area contributed by atoms with E-state index < -0.39 is 5.92 Å². The van der Waals surface area contributed by atoms with Crippen LogP contribution >= 0.6 is 0 Å². The molecular weight excluding hydrogens is 238 g/mol. The fourth-order valence-corrected chi connectivity index (χ4v) is 2.03. The van der Waals surface area contributed by atoms with Gasteiger partial charge in [-0.05, 0) is 24.5 Å². The van der Waals surface area contributed by atoms with Crippen molar-refractivity contribution in [1.82, 2.24) is 4.98 Å². The van der Waals surface area contributed by atoms with Gasteiger partial charge in [-0.2, -0.15) is 0 Å². The molecule has 2 rings (SSSR count). The Morgan fingerprint density at radius 1 is 1.56 bits per heavy atom. The smallest absolute Gasteiger partial charge is 0.248 e. The molecule has 98 valence electrons. The number of pyridine rings is 1. The average molecular weight is 254 g/mol. The predicted octanol–water partition coefficient (Wildman–Crippen LogP) is 2.24. The summed E-state index contributed by atoms with van der Waals surface area (Å²) in [6, 6.07) is 5.37. The number of halogens is 2. The predicted molar refractivity (Wildman–Crippen MR) is 66.6 cm³/mol. The van der Waals surface area contributed by atoms with Crippen LogP contribution in [-0.2, 0) is 0 Å². The quantitative estimate of drug-likeness (QED) is 0.642. The van der Waals surface area contributed by atoms with Crippen molar-refractivity contribution in [2.45, 2.75) is 25.2 Å². The largest absolute Gasteiger partial charge is 0.370 e. The number of nitrogens with one attached hydrogen (secondary N) is 1. The number of hydrogen-bond donors (Lipinski definition) is 2. The van der Waals surface area contributed by atoms with E-state index in [1.807, 2.05) is 6.07 Å². The lowest BCUT2D eigenvalue weighted by atomic mass is 10.1. The number of hydrogen-bond acceptors (Lipinski definition) is 2. The summed E-state index contributed by atoms with van der Waals surface area (Å²) in [5.74, 6) is -1.80. The second-order valence-corrected chi connectivity index (χ2v) is 4.53. The second-order valence-electron chi connectivity index (χ2n) is 4.53. The van der Waals surface area contributed by atoms with Crippen LogP contribution < -0.4 is 11.1 Å². The normalized spacial score (nSPS) is 23.0. The number of alkyl halides is 2. The molecule has 1 heterocycles. The van der Waals surface area contributed by atoms with Crippen molar-refractivity contribution in [3.8, 4) is 0 Å². The van der Waals surface area contributed by atoms with Crippen LogP contribution in [0, 0.1) is 5.92 Å². The van der Waals surface area contributed by atoms with E-state index in [-0.39, 0.29) is 24.7 Å². The summed E-state index contributed by atoms with van der Waals surface area (Å²) in [5, 5.41) is 2.82. The van der Waals surface area contributed by atoms with Crippen LogP contribution in [-0.4, -0.2) is 23.4 Å². The van der Waals surface area contributed by atoms with E-state index >= 15 is 0 Å². The van der Waals surface area contributed by atoms with Gasteiger partial charge in [-0.15, -0.1) is 0 Å². The van der Waals surface area contributed by atoms with E-state index in [1.165, 1.54) is 0 Å². The maximum absolute atomic E-state index is 13.0. The molecule has 1 saturated carbocycles. The number of guanidine groups is 1. The molecule has 0 aliphatic heterocycles. The average Bonchev–Trinajstić information content (AvgIpc) is 2.68. The van der Waals surface area contributed by atoms with Crippen LogP contribution in [0.4, 0.5) is 14.6 Å². The van der Waals surface area contributed by atoms with Crippen LogP contribution in [0.3, 0.4) is 0 Å². The van der Waals surface area contributed by atoms with E-state index in [0.717, 1.165) is 0 Å². The number of aliphatic imine (C=N–C) groups is 1. The van der Waals surface area contributed by atoms with Gasteiger partial charge in [0.2, 0.25) is 5.92 Å². The standard InChI is InChI=1S/C12H16F2N4/c13-12(14)5-4-9(7-12)8-17-11(15)18-10-3-1-2-6-16-10/h1-3,6,9H,4-5,7-8H2,(H3,15,16,17,18). The molecule has 1 aliphatic carbocycles. The van der Waals surface area contributed by atoms with Crippen LogP contribution in [0.1, 0.15) is 19.3 Å². The van der Waals surface area contributed by atoms with Gasteiger partial charge in [-0.1, -0.05) is 6.07 Å². The summed E-state index contributed by atoms with van der Waals surface area (Å²) in [7, 11) is 0. The zero-order chi connectivity index (χ0) is 13.0. The molecule has 18 heavy (non-hydrogen) atoms. The van der Waals surface area contributed by atoms with E-state index in [4.69, 9.17) is 5.73 Å². The van der Waals surface area contributed by atoms with E-state index in [0.29, 0.717) is 18.8 Å². The van der Waals surface area contributed by atoms with Crippen LogP contribution in [0.5, 0.6) is 0 Å². The molecule has 0 bridgehead atoms. The van der Waals surface area contributed by atoms with Crippen molar-refractivity contribution in [1.29, 1.82) is 0 Å². The maximum Gasteiger partial charge on any atom is 0.248 e. The number of anilines is 1. The van der Waals surface area contributed by atoms with E-state index in [2.05, 4.69) is 15.3 Å². The molecule has 1 aromatic heterocycles. The van der Waals surface area contributed by atoms with Gasteiger partial charge in [0.15, 0.2) is 5.96 Å². The third-order valence-electron chi connectivity index (χ3n) is 2.95. The lowest BCUT2D eigenvalue weighted by molar-refractivity contribution is 0.00542. The molecule has 1 unspecified atom stereocenters. The summed E-state index contributed by atoms with van der Waals surface area (Å²) in [4.78, 5) is 8.11. The van der Waals surface area contributed by atoms with Crippen LogP contribution in [0.15, 0.2) is 29.4 Å². The Morgan fingerprint density at radius 3 is 3.00 bits per heavy atom. The van der Waals surface area contributed by atoms with Gasteiger partial charge in [-0.3, -0.25) is 4.99 Å². The van der Waals surface area contributed by atoms with Gasteiger partial charge in [0.05, 0.1) is 0 Å². The Bertz CT molecular complexity index is 419. The lowest BCUT2D eigenvalue weighted by Crippen LogP contribution is -2.24. The first-order chi connectivity index (χ1) is 8.55. The van der Waals surface area contributed by atoms with Gasteiger partial charge >= 0.3 is 0 Å². The highest BCUT2D eigenvalue weighted by molar-refractivity contribution is 5.91. The first kappa shape index (κ1) is 12.7. The number of nitrogens with two attached hydrogens (primary N) is 1. The summed E-state index contributed by atoms with van der Waals surface area (Å²) in [6.45, 7) is 0.335. The number of rotatable bonds is 3. The molecule has 1 atom stereocenters. The fourth-order valence-electron chi connectivity index (χ4n) is 2.03. The molecule has 1 fully saturated rings. The van der Waals surface area contributed by atoms with E-state index in [9.17, 15) is 8.78 Å². The van der Waals surface area contributed by atoms with Crippen LogP contribution in [0.2, 0.25) is 0 Å². The Labute approximate surface area is 104 Å². The Balaban J connectivity index is 1.83. The highest BCUT2D eigenvalue weighted by Crippen LogP contribution is 2.38. The third-order valence-corrected chi connectivity index (χ3v) is 2.95. The highest BCUT2D eigenvalue weighted by Gasteiger charge is 2.39. The minimum absolute atomic E-state index is 0.0409. The molecule has 0 spiro atoms. The summed E-state index contributed by atoms with van der Waals surface area (Å²) in [6.07, 6.45) is 2.01. The highest BCUT2D eigenvalue weighted by atomic mass is 19.3. The molecule has 0 aromatic carbocycles. The van der Waals surface area contributed by atoms with Crippen molar-refractivity contribution in [3.05, 3.63) is 24.4 Å². The zero-order valence-electron chi connectivity index (χ0n) is 9.94. The summed E-state index contributed by atoms with van der Waals surface area (Å²) < 4.78 is 25.9. The van der Waals surface area contributed by atoms with Gasteiger partial charge in [0.1, 0.15) is 5.82 Å². The first-order valence-corrected chi connectivity index (χ1v) is 5.91. The molecule has 1 aromatic rings. The molecule has 0 radical (unpaired) electrons. The summed E-state index contributed by atoms with van der Waals surface area (Å²) >= 11 is 0. The minimum Gasteiger partial charge on any atom is -0.370 e. The molecule has 1 aliphatic rings. The van der Waals surface area contributed by atoms with Crippen molar-refractivity contribution in [3.63, 3.8) is 0 Å². The van der Waals surface area contributed by atoms with Gasteiger partial charge < -0.3 is 11.1 Å². The fraction of sp³-hybridized carbons (Fsp3) is 0.500. The monoisotopic (exact) mass is 254 g/mol. The molecular formula is C12H16F2N4. The number of nitrogens with zero attached hydrogens (tertiary/aromatic N) is 2. The Kier molecular flexibility index (Phi) is 3.74. The number of aromatic nitrogens is 1. The Morgan fingerprint density at radius 2 is 2.39 bits per heavy atom. The molecule has 0 saturated heterocycles. The van der Waals surface area contributed by atoms with Gasteiger partial charge in [0.25, 0.3) is 0 Å². The second kappa shape index (κ2) is 5.29. The van der Waals surface area contributed by atoms with Gasteiger partial charge in [0, 0.05) is 25.6 Å². The van der Waals surface area contributed by atoms with Crippen molar-refractivity contribution >= 4 is 11.8 Å².